The van der Waals surface area contributed by atoms with Gasteiger partial charge in [-0.2, -0.15) is 0 Å². The lowest BCUT2D eigenvalue weighted by Gasteiger charge is -2.25. The van der Waals surface area contributed by atoms with E-state index in [0.717, 1.165) is 48.9 Å². The summed E-state index contributed by atoms with van der Waals surface area (Å²) >= 11 is 0. The predicted molar refractivity (Wildman–Crippen MR) is 612 cm³/mol. The summed E-state index contributed by atoms with van der Waals surface area (Å²) in [5, 5.41) is 24.8. The van der Waals surface area contributed by atoms with E-state index in [9.17, 15) is 76.7 Å². The number of guanidine groups is 1. The van der Waals surface area contributed by atoms with Gasteiger partial charge in [-0.1, -0.05) is 316 Å². The zero-order valence-corrected chi connectivity index (χ0v) is 99.8. The van der Waals surface area contributed by atoms with Gasteiger partial charge in [0, 0.05) is 214 Å². The second-order valence-corrected chi connectivity index (χ2v) is 46.0. The highest BCUT2D eigenvalue weighted by Gasteiger charge is 2.37. The maximum Gasteiger partial charge on any atom is 0.237 e. The van der Waals surface area contributed by atoms with Crippen LogP contribution in [0.5, 0.6) is 0 Å². The Morgan fingerprint density at radius 1 is 0.396 bits per heavy atom. The van der Waals surface area contributed by atoms with Crippen LogP contribution in [0.3, 0.4) is 0 Å². The standard InChI is InChI=1S/C19H29NO2.C18H27NO2.C16H26N2O2.C15H30N4O2.C15H29NO2.C13H24N2O2.C13H25NO2.C11H21NO2/c1-13(2)19(22)17(11-18(21)12-20-14(3)4)10-16-8-6-15(5)7-9-16;1-13(2)18(21)16(10-15-8-6-5-7-9-15)11-17(20)12-19-14(3)4;1-11(2)16(20)14(7-13-5-6-17-9-13)8-15(19)10-18-12(3)4;1-10(2)14(21)12(6-5-7-18-15(16)17)8-13(20)9-19-11(3)4;1-7-12(6)14(15(18)10(2)3)8-13(17)9-16-11(4)5;1-9(2)13(17)11-6-5-7-15(11)12(16)8-14-10(3)4;1-9(2)12(16)13(5,6)7-11(15)8-14-10(3)4;1-8(2)11(14)6-5-10(13)7-12-9(3)4/h6-9,13-14,17,20H,10-12H2,1-5H3;5-9,13-14,16,19H,10-12H2,1-4H3;6,9,11-12,14,18H,5,7-8,10H2,1-4H3;10-12,19H,5-9H2,1-4H3,(H4,16,17,18);10-12,14,16H,7-9H2,1-6H3;9-11,14H,5-8H2,1-4H3;9-10,14H,7-8H2,1-6H3;8-9,12H,5-7H2,1-4H3/t17-;16-;14-;12-;12?,14-;11-;;/m000011../s1. The number of nitrogens with zero attached hydrogens (tertiary/aromatic N) is 3. The number of nitrogens with one attached hydrogen (secondary N) is 8. The summed E-state index contributed by atoms with van der Waals surface area (Å²) < 4.78 is 0. The van der Waals surface area contributed by atoms with Gasteiger partial charge in [0.1, 0.15) is 81.0 Å². The minimum absolute atomic E-state index is 0.00598. The molecule has 2 aromatic carbocycles. The first-order chi connectivity index (χ1) is 69.1. The van der Waals surface area contributed by atoms with Crippen LogP contribution in [0.15, 0.2) is 76.4 Å². The maximum atomic E-state index is 12.4. The van der Waals surface area contributed by atoms with Crippen molar-refractivity contribution in [1.82, 2.24) is 47.4 Å². The van der Waals surface area contributed by atoms with Crippen molar-refractivity contribution >= 4 is 105 Å². The van der Waals surface area contributed by atoms with Crippen molar-refractivity contribution in [3.05, 3.63) is 83.1 Å². The third kappa shape index (κ3) is 74.9. The minimum atomic E-state index is -0.538. The summed E-state index contributed by atoms with van der Waals surface area (Å²) in [4.78, 5) is 201. The van der Waals surface area contributed by atoms with Crippen LogP contribution in [0.1, 0.15) is 362 Å². The SMILES string of the molecule is CC(C)NCC(=O)CC(C)(C)C(=O)C(C)C.CC(C)NCC(=O)CCC(=O)C(C)C.CC(C)NCC(=O)C[C@H](CC1=CN=CC1)C(=O)C(C)C.CC(C)NCC(=O)C[C@H](CCCN=C(N)N)C(=O)C(C)C.CC(C)NCC(=O)C[C@H](Cc1ccccc1)C(=O)C(C)C.CC(C)NCC(=O)N1CCC[C@@H]1C(=O)C(C)C.CCC(C)[C@@H](CC(=O)CNC(C)C)C(=O)C(C)C.Cc1ccc(C[C@@H](CC(=O)CNC(C)C)C(=O)C(C)C)cc1. The highest BCUT2D eigenvalue weighted by Crippen LogP contribution is 2.30. The fourth-order valence-corrected chi connectivity index (χ4v) is 15.8. The van der Waals surface area contributed by atoms with Gasteiger partial charge in [0.2, 0.25) is 5.91 Å². The molecule has 0 saturated carbocycles. The Morgan fingerprint density at radius 3 is 1.09 bits per heavy atom. The van der Waals surface area contributed by atoms with Crippen LogP contribution in [0.4, 0.5) is 0 Å². The van der Waals surface area contributed by atoms with Gasteiger partial charge < -0.3 is 58.9 Å². The molecule has 1 saturated heterocycles. The predicted octanol–water partition coefficient (Wildman–Crippen LogP) is 17.5. The number of Topliss-reactive ketones (excluding diaryl/α,β-unsaturated/α-hetero) is 15. The number of amides is 1. The van der Waals surface area contributed by atoms with Crippen molar-refractivity contribution in [3.63, 3.8) is 0 Å². The van der Waals surface area contributed by atoms with E-state index >= 15 is 0 Å². The van der Waals surface area contributed by atoms with Crippen LogP contribution in [-0.2, 0) is 89.6 Å². The molecule has 852 valence electrons. The van der Waals surface area contributed by atoms with E-state index < -0.39 is 5.41 Å². The van der Waals surface area contributed by atoms with Gasteiger partial charge in [-0.15, -0.1) is 0 Å². The Bertz CT molecular complexity index is 4320. The molecule has 2 aliphatic heterocycles. The van der Waals surface area contributed by atoms with Crippen molar-refractivity contribution in [2.75, 3.05) is 65.4 Å². The Balaban J connectivity index is -0.000000809. The van der Waals surface area contributed by atoms with Crippen molar-refractivity contribution in [3.8, 4) is 0 Å². The van der Waals surface area contributed by atoms with Gasteiger partial charge in [-0.25, -0.2) is 0 Å². The van der Waals surface area contributed by atoms with Crippen LogP contribution < -0.4 is 54.0 Å². The van der Waals surface area contributed by atoms with E-state index in [4.69, 9.17) is 11.5 Å². The Kier molecular flexibility index (Phi) is 80.6. The molecular formula is C120H211N13O16. The summed E-state index contributed by atoms with van der Waals surface area (Å²) in [6.07, 6.45) is 13.2. The largest absolute Gasteiger partial charge is 0.370 e. The number of allylic oxidation sites excluding steroid dienone is 1. The molecule has 4 rings (SSSR count). The van der Waals surface area contributed by atoms with Crippen LogP contribution in [0.2, 0.25) is 0 Å². The molecular weight excluding hydrogens is 1880 g/mol. The van der Waals surface area contributed by atoms with E-state index in [1.165, 1.54) is 5.56 Å². The molecule has 0 radical (unpaired) electrons. The lowest BCUT2D eigenvalue weighted by Crippen LogP contribution is -2.46. The molecule has 2 aliphatic rings. The van der Waals surface area contributed by atoms with E-state index in [1.807, 2.05) is 309 Å². The molecule has 1 fully saturated rings. The maximum absolute atomic E-state index is 12.4. The molecule has 0 aromatic heterocycles. The van der Waals surface area contributed by atoms with Crippen LogP contribution >= 0.6 is 0 Å². The molecule has 0 spiro atoms. The first kappa shape index (κ1) is 147. The third-order valence-corrected chi connectivity index (χ3v) is 24.9. The molecule has 12 N–H and O–H groups in total. The number of hydrogen-bond donors (Lipinski definition) is 10. The van der Waals surface area contributed by atoms with Crippen molar-refractivity contribution in [1.29, 1.82) is 0 Å². The lowest BCUT2D eigenvalue weighted by molar-refractivity contribution is -0.138. The molecule has 2 aromatic rings. The molecule has 0 bridgehead atoms. The fourth-order valence-electron chi connectivity index (χ4n) is 15.8. The molecule has 29 heteroatoms. The smallest absolute Gasteiger partial charge is 0.237 e. The summed E-state index contributed by atoms with van der Waals surface area (Å²) in [5.41, 5.74) is 14.6. The van der Waals surface area contributed by atoms with E-state index in [2.05, 4.69) is 66.4 Å². The number of aryl methyl sites for hydroxylation is 1. The lowest BCUT2D eigenvalue weighted by atomic mass is 9.78. The second kappa shape index (κ2) is 82.0. The van der Waals surface area contributed by atoms with Crippen molar-refractivity contribution in [2.45, 2.75) is 420 Å². The number of benzene rings is 2. The number of ketones is 15. The quantitative estimate of drug-likeness (QED) is 0.0167. The number of rotatable bonds is 66. The number of nitrogens with two attached hydrogens (primary N) is 2. The molecule has 1 unspecified atom stereocenters. The molecule has 0 aliphatic carbocycles. The van der Waals surface area contributed by atoms with Gasteiger partial charge >= 0.3 is 0 Å². The first-order valence-corrected chi connectivity index (χ1v) is 55.6. The average molecular weight is 2090 g/mol. The third-order valence-electron chi connectivity index (χ3n) is 24.9. The number of likely N-dealkylation sites (tertiary alicyclic amines) is 1. The van der Waals surface area contributed by atoms with Gasteiger partial charge in [-0.05, 0) is 74.5 Å². The first-order valence-electron chi connectivity index (χ1n) is 55.6. The van der Waals surface area contributed by atoms with Crippen molar-refractivity contribution < 1.29 is 76.7 Å². The Hall–Kier alpha value is -8.68. The molecule has 7 atom stereocenters. The fraction of sp³-hybridized carbons (Fsp3) is 0.733. The van der Waals surface area contributed by atoms with E-state index in [0.29, 0.717) is 167 Å². The molecule has 29 nitrogen and oxygen atoms in total. The summed E-state index contributed by atoms with van der Waals surface area (Å²) in [6.45, 7) is 76.1. The zero-order chi connectivity index (χ0) is 115. The number of hydrogen-bond acceptors (Lipinski definition) is 26. The second-order valence-electron chi connectivity index (χ2n) is 46.0. The topological polar surface area (TPSA) is 449 Å². The highest BCUT2D eigenvalue weighted by molar-refractivity contribution is 5.95. The van der Waals surface area contributed by atoms with Gasteiger partial charge in [0.25, 0.3) is 0 Å². The average Bonchev–Trinajstić information content (AvgIpc) is 1.70. The van der Waals surface area contributed by atoms with E-state index in [-0.39, 0.29) is 212 Å². The normalized spacial score (nSPS) is 14.0. The van der Waals surface area contributed by atoms with Gasteiger partial charge in [0.05, 0.1) is 58.4 Å². The minimum Gasteiger partial charge on any atom is -0.370 e. The number of carbonyl (C=O) groups excluding carboxylic acids is 16. The number of aliphatic imine (C=N–C) groups is 2. The number of carbonyl (C=O) groups is 16. The Labute approximate surface area is 901 Å². The summed E-state index contributed by atoms with van der Waals surface area (Å²) in [7, 11) is 0. The van der Waals surface area contributed by atoms with Crippen molar-refractivity contribution in [2.24, 2.45) is 110 Å². The summed E-state index contributed by atoms with van der Waals surface area (Å²) in [6, 6.07) is 20.2. The molecule has 1 amide bonds. The highest BCUT2D eigenvalue weighted by atomic mass is 16.2. The van der Waals surface area contributed by atoms with Gasteiger partial charge in [-0.3, -0.25) is 86.7 Å². The monoisotopic (exact) mass is 2090 g/mol. The summed E-state index contributed by atoms with van der Waals surface area (Å²) in [5.74, 6) is 1.45. The van der Waals surface area contributed by atoms with Crippen LogP contribution in [0, 0.1) is 95.2 Å². The van der Waals surface area contributed by atoms with Crippen LogP contribution in [0.25, 0.3) is 0 Å². The molecule has 149 heavy (non-hydrogen) atoms. The Morgan fingerprint density at radius 2 is 0.745 bits per heavy atom. The van der Waals surface area contributed by atoms with E-state index in [1.54, 1.807) is 4.90 Å². The zero-order valence-electron chi connectivity index (χ0n) is 99.8. The van der Waals surface area contributed by atoms with Crippen LogP contribution in [-0.4, -0.2) is 230 Å². The van der Waals surface area contributed by atoms with Gasteiger partial charge in [0.15, 0.2) is 11.7 Å². The molecule has 2 heterocycles.